The largest absolute Gasteiger partial charge is 0.345 e. The van der Waals surface area contributed by atoms with Crippen molar-refractivity contribution in [2.75, 3.05) is 4.90 Å². The van der Waals surface area contributed by atoms with Gasteiger partial charge >= 0.3 is 0 Å². The van der Waals surface area contributed by atoms with Crippen molar-refractivity contribution in [3.05, 3.63) is 95.0 Å². The third kappa shape index (κ3) is 3.26. The summed E-state index contributed by atoms with van der Waals surface area (Å²) in [6, 6.07) is 21.5. The van der Waals surface area contributed by atoms with Crippen LogP contribution in [0, 0.1) is 5.82 Å². The highest BCUT2D eigenvalue weighted by Gasteiger charge is 2.21. The van der Waals surface area contributed by atoms with Crippen LogP contribution in [-0.2, 0) is 13.1 Å². The van der Waals surface area contributed by atoms with Gasteiger partial charge in [-0.25, -0.2) is 4.98 Å². The van der Waals surface area contributed by atoms with Gasteiger partial charge in [-0.1, -0.05) is 72.3 Å². The molecule has 130 valence electrons. The highest BCUT2D eigenvalue weighted by atomic mass is 35.5. The normalized spacial score (nSPS) is 11.0. The molecule has 0 fully saturated rings. The average Bonchev–Trinajstić information content (AvgIpc) is 3.11. The SMILES string of the molecule is Fc1c(Cl)nc2ccnn2c1N(Cc1ccccc1)Cc1ccccc1. The highest BCUT2D eigenvalue weighted by Crippen LogP contribution is 2.28. The van der Waals surface area contributed by atoms with E-state index in [4.69, 9.17) is 11.6 Å². The van der Waals surface area contributed by atoms with E-state index in [9.17, 15) is 4.39 Å². The van der Waals surface area contributed by atoms with Gasteiger partial charge in [0.15, 0.2) is 16.6 Å². The van der Waals surface area contributed by atoms with Gasteiger partial charge < -0.3 is 4.90 Å². The molecule has 0 amide bonds. The lowest BCUT2D eigenvalue weighted by molar-refractivity contribution is 0.591. The first-order valence-corrected chi connectivity index (χ1v) is 8.62. The topological polar surface area (TPSA) is 33.4 Å². The molecular formula is C20H16ClFN4. The van der Waals surface area contributed by atoms with Crippen molar-refractivity contribution < 1.29 is 4.39 Å². The summed E-state index contributed by atoms with van der Waals surface area (Å²) in [5, 5.41) is 4.09. The van der Waals surface area contributed by atoms with E-state index in [1.54, 1.807) is 12.3 Å². The molecule has 4 rings (SSSR count). The summed E-state index contributed by atoms with van der Waals surface area (Å²) in [5.74, 6) is -0.271. The van der Waals surface area contributed by atoms with Crippen molar-refractivity contribution >= 4 is 23.1 Å². The fourth-order valence-electron chi connectivity index (χ4n) is 2.97. The molecule has 26 heavy (non-hydrogen) atoms. The van der Waals surface area contributed by atoms with Crippen LogP contribution >= 0.6 is 11.6 Å². The highest BCUT2D eigenvalue weighted by molar-refractivity contribution is 6.30. The van der Waals surface area contributed by atoms with Crippen LogP contribution in [0.4, 0.5) is 10.2 Å². The van der Waals surface area contributed by atoms with Crippen molar-refractivity contribution in [3.8, 4) is 0 Å². The number of halogens is 2. The van der Waals surface area contributed by atoms with Crippen LogP contribution in [0.25, 0.3) is 5.65 Å². The number of hydrogen-bond donors (Lipinski definition) is 0. The summed E-state index contributed by atoms with van der Waals surface area (Å²) in [5.41, 5.74) is 2.64. The molecule has 0 aliphatic carbocycles. The molecule has 4 aromatic rings. The Morgan fingerprint density at radius 1 is 0.885 bits per heavy atom. The van der Waals surface area contributed by atoms with Gasteiger partial charge in [0.2, 0.25) is 5.82 Å². The van der Waals surface area contributed by atoms with E-state index in [0.29, 0.717) is 24.6 Å². The molecule has 2 aromatic heterocycles. The summed E-state index contributed by atoms with van der Waals surface area (Å²) in [4.78, 5) is 5.98. The molecule has 0 spiro atoms. The minimum Gasteiger partial charge on any atom is -0.345 e. The number of anilines is 1. The Balaban J connectivity index is 1.82. The second-order valence-electron chi connectivity index (χ2n) is 5.97. The first kappa shape index (κ1) is 16.5. The first-order valence-electron chi connectivity index (χ1n) is 8.24. The summed E-state index contributed by atoms with van der Waals surface area (Å²) in [6.45, 7) is 1.03. The molecule has 2 aromatic carbocycles. The monoisotopic (exact) mass is 366 g/mol. The maximum atomic E-state index is 15.0. The predicted molar refractivity (Wildman–Crippen MR) is 101 cm³/mol. The maximum Gasteiger partial charge on any atom is 0.202 e. The van der Waals surface area contributed by atoms with E-state index in [0.717, 1.165) is 11.1 Å². The predicted octanol–water partition coefficient (Wildman–Crippen LogP) is 4.73. The second kappa shape index (κ2) is 7.14. The van der Waals surface area contributed by atoms with Crippen molar-refractivity contribution in [1.29, 1.82) is 0 Å². The third-order valence-corrected chi connectivity index (χ3v) is 4.40. The van der Waals surface area contributed by atoms with Crippen LogP contribution in [0.15, 0.2) is 72.9 Å². The number of benzene rings is 2. The van der Waals surface area contributed by atoms with Gasteiger partial charge in [-0.15, -0.1) is 0 Å². The van der Waals surface area contributed by atoms with Gasteiger partial charge in [-0.2, -0.15) is 14.0 Å². The van der Waals surface area contributed by atoms with E-state index in [-0.39, 0.29) is 5.15 Å². The molecule has 0 N–H and O–H groups in total. The molecule has 0 saturated carbocycles. The number of hydrogen-bond acceptors (Lipinski definition) is 3. The number of fused-ring (bicyclic) bond motifs is 1. The lowest BCUT2D eigenvalue weighted by Gasteiger charge is -2.26. The minimum atomic E-state index is -0.574. The average molecular weight is 367 g/mol. The van der Waals surface area contributed by atoms with Gasteiger partial charge in [0.1, 0.15) is 0 Å². The maximum absolute atomic E-state index is 15.0. The summed E-state index contributed by atoms with van der Waals surface area (Å²) >= 11 is 6.05. The van der Waals surface area contributed by atoms with Gasteiger partial charge in [-0.3, -0.25) is 0 Å². The number of aromatic nitrogens is 3. The molecule has 2 heterocycles. The quantitative estimate of drug-likeness (QED) is 0.479. The summed E-state index contributed by atoms with van der Waals surface area (Å²) in [7, 11) is 0. The van der Waals surface area contributed by atoms with Crippen LogP contribution < -0.4 is 4.90 Å². The molecule has 4 nitrogen and oxygen atoms in total. The van der Waals surface area contributed by atoms with Gasteiger partial charge in [0, 0.05) is 19.2 Å². The van der Waals surface area contributed by atoms with Crippen molar-refractivity contribution in [1.82, 2.24) is 14.6 Å². The molecule has 0 aliphatic rings. The summed E-state index contributed by atoms with van der Waals surface area (Å²) < 4.78 is 16.5. The molecule has 0 atom stereocenters. The standard InChI is InChI=1S/C20H16ClFN4/c21-19-18(22)20(26-17(24-19)11-12-23-26)25(13-15-7-3-1-4-8-15)14-16-9-5-2-6-10-16/h1-12H,13-14H2. The van der Waals surface area contributed by atoms with Crippen molar-refractivity contribution in [2.45, 2.75) is 13.1 Å². The van der Waals surface area contributed by atoms with Gasteiger partial charge in [0.05, 0.1) is 6.20 Å². The van der Waals surface area contributed by atoms with Crippen LogP contribution in [0.1, 0.15) is 11.1 Å². The molecule has 0 saturated heterocycles. The molecule has 0 unspecified atom stereocenters. The van der Waals surface area contributed by atoms with E-state index >= 15 is 0 Å². The Bertz CT molecular complexity index is 977. The Morgan fingerprint density at radius 2 is 1.46 bits per heavy atom. The molecule has 0 bridgehead atoms. The second-order valence-corrected chi connectivity index (χ2v) is 6.33. The van der Waals surface area contributed by atoms with Gasteiger partial charge in [0.25, 0.3) is 0 Å². The van der Waals surface area contributed by atoms with E-state index in [2.05, 4.69) is 10.1 Å². The molecule has 6 heteroatoms. The van der Waals surface area contributed by atoms with E-state index < -0.39 is 5.82 Å². The molecule has 0 aliphatic heterocycles. The number of nitrogens with zero attached hydrogens (tertiary/aromatic N) is 4. The first-order chi connectivity index (χ1) is 12.7. The Labute approximate surface area is 155 Å². The Morgan fingerprint density at radius 3 is 2.04 bits per heavy atom. The van der Waals surface area contributed by atoms with Crippen LogP contribution in [0.3, 0.4) is 0 Å². The molecular weight excluding hydrogens is 351 g/mol. The fraction of sp³-hybridized carbons (Fsp3) is 0.100. The number of rotatable bonds is 5. The van der Waals surface area contributed by atoms with Crippen LogP contribution in [-0.4, -0.2) is 14.6 Å². The smallest absolute Gasteiger partial charge is 0.202 e. The van der Waals surface area contributed by atoms with E-state index in [1.807, 2.05) is 65.6 Å². The molecule has 0 radical (unpaired) electrons. The zero-order valence-electron chi connectivity index (χ0n) is 13.9. The van der Waals surface area contributed by atoms with Gasteiger partial charge in [-0.05, 0) is 11.1 Å². The minimum absolute atomic E-state index is 0.154. The lowest BCUT2D eigenvalue weighted by Crippen LogP contribution is -2.26. The van der Waals surface area contributed by atoms with Crippen LogP contribution in [0.5, 0.6) is 0 Å². The van der Waals surface area contributed by atoms with E-state index in [1.165, 1.54) is 4.52 Å². The van der Waals surface area contributed by atoms with Crippen molar-refractivity contribution in [3.63, 3.8) is 0 Å². The Kier molecular flexibility index (Phi) is 4.54. The third-order valence-electron chi connectivity index (χ3n) is 4.15. The van der Waals surface area contributed by atoms with Crippen molar-refractivity contribution in [2.24, 2.45) is 0 Å². The van der Waals surface area contributed by atoms with Crippen LogP contribution in [0.2, 0.25) is 5.15 Å². The zero-order chi connectivity index (χ0) is 17.9. The zero-order valence-corrected chi connectivity index (χ0v) is 14.6. The fourth-order valence-corrected chi connectivity index (χ4v) is 3.14. The summed E-state index contributed by atoms with van der Waals surface area (Å²) in [6.07, 6.45) is 1.59. The lowest BCUT2D eigenvalue weighted by atomic mass is 10.1. The Hall–Kier alpha value is -2.92.